The van der Waals surface area contributed by atoms with E-state index in [4.69, 9.17) is 0 Å². The number of hydrogen-bond donors (Lipinski definition) is 0. The van der Waals surface area contributed by atoms with Crippen LogP contribution in [0.25, 0.3) is 5.82 Å². The zero-order chi connectivity index (χ0) is 21.5. The van der Waals surface area contributed by atoms with E-state index in [0.717, 1.165) is 23.0 Å². The Labute approximate surface area is 176 Å². The summed E-state index contributed by atoms with van der Waals surface area (Å²) in [6.07, 6.45) is 4.89. The molecule has 0 atom stereocenters. The molecule has 3 aromatic heterocycles. The van der Waals surface area contributed by atoms with Gasteiger partial charge in [0.2, 0.25) is 0 Å². The van der Waals surface area contributed by atoms with Gasteiger partial charge in [-0.15, -0.1) is 0 Å². The Bertz CT molecular complexity index is 1160. The first-order chi connectivity index (χ1) is 14.3. The molecule has 0 N–H and O–H groups in total. The Balaban J connectivity index is 1.49. The highest BCUT2D eigenvalue weighted by atomic mass is 32.2. The highest BCUT2D eigenvalue weighted by molar-refractivity contribution is 7.89. The molecule has 0 aromatic carbocycles. The van der Waals surface area contributed by atoms with E-state index in [1.807, 2.05) is 42.9 Å². The molecule has 0 bridgehead atoms. The maximum Gasteiger partial charge on any atom is 0.262 e. The topological polar surface area (TPSA) is 102 Å². The van der Waals surface area contributed by atoms with Gasteiger partial charge in [-0.25, -0.2) is 28.4 Å². The van der Waals surface area contributed by atoms with Crippen LogP contribution in [0.3, 0.4) is 0 Å². The summed E-state index contributed by atoms with van der Waals surface area (Å²) in [5.74, 6) is 2.22. The average molecular weight is 431 g/mol. The van der Waals surface area contributed by atoms with Gasteiger partial charge < -0.3 is 9.47 Å². The third-order valence-corrected chi connectivity index (χ3v) is 7.37. The van der Waals surface area contributed by atoms with Crippen LogP contribution in [0.15, 0.2) is 29.9 Å². The minimum atomic E-state index is -3.60. The highest BCUT2D eigenvalue weighted by Crippen LogP contribution is 2.21. The van der Waals surface area contributed by atoms with Gasteiger partial charge in [-0.1, -0.05) is 0 Å². The number of piperazine rings is 1. The van der Waals surface area contributed by atoms with Gasteiger partial charge in [-0.2, -0.15) is 4.31 Å². The van der Waals surface area contributed by atoms with Crippen molar-refractivity contribution >= 4 is 15.8 Å². The van der Waals surface area contributed by atoms with E-state index < -0.39 is 10.0 Å². The second-order valence-electron chi connectivity index (χ2n) is 7.32. The van der Waals surface area contributed by atoms with Gasteiger partial charge in [0.05, 0.1) is 5.69 Å². The molecule has 0 amide bonds. The van der Waals surface area contributed by atoms with Gasteiger partial charge in [0.15, 0.2) is 5.03 Å². The van der Waals surface area contributed by atoms with Gasteiger partial charge in [0.1, 0.15) is 30.1 Å². The van der Waals surface area contributed by atoms with Crippen molar-refractivity contribution in [3.63, 3.8) is 0 Å². The molecule has 30 heavy (non-hydrogen) atoms. The lowest BCUT2D eigenvalue weighted by atomic mass is 10.3. The fraction of sp³-hybridized carbons (Fsp3) is 0.474. The molecule has 10 nitrogen and oxygen atoms in total. The SMILES string of the molecule is CCn1cc(S(=O)(=O)N2CCN(c3cc(-n4cnc(C)c4C)ncn3)CC2)nc1C. The molecule has 11 heteroatoms. The van der Waals surface area contributed by atoms with E-state index in [2.05, 4.69) is 24.8 Å². The van der Waals surface area contributed by atoms with Crippen molar-refractivity contribution in [2.75, 3.05) is 31.1 Å². The van der Waals surface area contributed by atoms with Crippen molar-refractivity contribution in [3.8, 4) is 5.82 Å². The van der Waals surface area contributed by atoms with Crippen LogP contribution in [0, 0.1) is 20.8 Å². The Morgan fingerprint density at radius 3 is 2.30 bits per heavy atom. The smallest absolute Gasteiger partial charge is 0.262 e. The lowest BCUT2D eigenvalue weighted by molar-refractivity contribution is 0.382. The molecular formula is C19H26N8O2S. The van der Waals surface area contributed by atoms with Crippen molar-refractivity contribution in [2.45, 2.75) is 39.3 Å². The second-order valence-corrected chi connectivity index (χ2v) is 9.21. The zero-order valence-electron chi connectivity index (χ0n) is 17.6. The molecule has 0 spiro atoms. The molecule has 1 saturated heterocycles. The number of aryl methyl sites for hydroxylation is 3. The first kappa shape index (κ1) is 20.5. The molecule has 0 aliphatic carbocycles. The van der Waals surface area contributed by atoms with Gasteiger partial charge in [0.25, 0.3) is 10.0 Å². The normalized spacial score (nSPS) is 15.7. The van der Waals surface area contributed by atoms with Crippen molar-refractivity contribution in [2.24, 2.45) is 0 Å². The lowest BCUT2D eigenvalue weighted by Gasteiger charge is -2.34. The predicted octanol–water partition coefficient (Wildman–Crippen LogP) is 1.31. The minimum absolute atomic E-state index is 0.116. The molecular weight excluding hydrogens is 404 g/mol. The molecule has 0 saturated carbocycles. The molecule has 0 unspecified atom stereocenters. The monoisotopic (exact) mass is 430 g/mol. The number of hydrogen-bond acceptors (Lipinski definition) is 7. The Morgan fingerprint density at radius 1 is 1.00 bits per heavy atom. The summed E-state index contributed by atoms with van der Waals surface area (Å²) >= 11 is 0. The second kappa shape index (κ2) is 7.80. The summed E-state index contributed by atoms with van der Waals surface area (Å²) in [6, 6.07) is 1.91. The zero-order valence-corrected chi connectivity index (χ0v) is 18.5. The van der Waals surface area contributed by atoms with E-state index in [-0.39, 0.29) is 5.03 Å². The molecule has 3 aromatic rings. The number of imidazole rings is 2. The number of anilines is 1. The van der Waals surface area contributed by atoms with Crippen LogP contribution in [0.4, 0.5) is 5.82 Å². The summed E-state index contributed by atoms with van der Waals surface area (Å²) in [5.41, 5.74) is 1.98. The fourth-order valence-corrected chi connectivity index (χ4v) is 5.00. The van der Waals surface area contributed by atoms with Crippen molar-refractivity contribution in [1.29, 1.82) is 0 Å². The lowest BCUT2D eigenvalue weighted by Crippen LogP contribution is -2.49. The number of sulfonamides is 1. The van der Waals surface area contributed by atoms with Crippen LogP contribution < -0.4 is 4.90 Å². The van der Waals surface area contributed by atoms with E-state index in [1.54, 1.807) is 12.5 Å². The van der Waals surface area contributed by atoms with E-state index in [9.17, 15) is 8.42 Å². The molecule has 4 heterocycles. The Hall–Kier alpha value is -2.79. The number of rotatable bonds is 5. The molecule has 4 rings (SSSR count). The van der Waals surface area contributed by atoms with Crippen LogP contribution in [0.2, 0.25) is 0 Å². The Kier molecular flexibility index (Phi) is 5.33. The molecule has 0 radical (unpaired) electrons. The molecule has 1 aliphatic heterocycles. The first-order valence-corrected chi connectivity index (χ1v) is 11.4. The summed E-state index contributed by atoms with van der Waals surface area (Å²) in [5, 5.41) is 0.116. The van der Waals surface area contributed by atoms with Crippen LogP contribution >= 0.6 is 0 Å². The van der Waals surface area contributed by atoms with Crippen LogP contribution in [-0.4, -0.2) is 68.0 Å². The maximum absolute atomic E-state index is 13.0. The Morgan fingerprint density at radius 2 is 1.70 bits per heavy atom. The highest BCUT2D eigenvalue weighted by Gasteiger charge is 2.31. The van der Waals surface area contributed by atoms with Gasteiger partial charge >= 0.3 is 0 Å². The van der Waals surface area contributed by atoms with Crippen molar-refractivity contribution < 1.29 is 8.42 Å². The van der Waals surface area contributed by atoms with E-state index in [0.29, 0.717) is 38.5 Å². The standard InChI is InChI=1S/C19H26N8O2S/c1-5-24-11-19(23-16(24)4)30(28,29)26-8-6-25(7-9-26)17-10-18(21-12-20-17)27-13-22-14(2)15(27)3/h10-13H,5-9H2,1-4H3. The van der Waals surface area contributed by atoms with Crippen molar-refractivity contribution in [3.05, 3.63) is 42.1 Å². The fourth-order valence-electron chi connectivity index (χ4n) is 3.59. The predicted molar refractivity (Wildman–Crippen MR) is 112 cm³/mol. The molecule has 160 valence electrons. The maximum atomic E-state index is 13.0. The number of nitrogens with zero attached hydrogens (tertiary/aromatic N) is 8. The average Bonchev–Trinajstić information content (AvgIpc) is 3.30. The van der Waals surface area contributed by atoms with Crippen LogP contribution in [-0.2, 0) is 16.6 Å². The largest absolute Gasteiger partial charge is 0.354 e. The van der Waals surface area contributed by atoms with E-state index in [1.165, 1.54) is 10.6 Å². The van der Waals surface area contributed by atoms with Gasteiger partial charge in [0, 0.05) is 50.7 Å². The van der Waals surface area contributed by atoms with Crippen molar-refractivity contribution in [1.82, 2.24) is 33.4 Å². The van der Waals surface area contributed by atoms with Crippen LogP contribution in [0.5, 0.6) is 0 Å². The first-order valence-electron chi connectivity index (χ1n) is 9.93. The van der Waals surface area contributed by atoms with Gasteiger partial charge in [-0.3, -0.25) is 4.57 Å². The van der Waals surface area contributed by atoms with E-state index >= 15 is 0 Å². The molecule has 1 aliphatic rings. The summed E-state index contributed by atoms with van der Waals surface area (Å²) in [6.45, 7) is 10.3. The minimum Gasteiger partial charge on any atom is -0.354 e. The quantitative estimate of drug-likeness (QED) is 0.601. The summed E-state index contributed by atoms with van der Waals surface area (Å²) in [7, 11) is -3.60. The summed E-state index contributed by atoms with van der Waals surface area (Å²) in [4.78, 5) is 19.4. The molecule has 1 fully saturated rings. The van der Waals surface area contributed by atoms with Crippen LogP contribution in [0.1, 0.15) is 24.1 Å². The van der Waals surface area contributed by atoms with Gasteiger partial charge in [-0.05, 0) is 27.7 Å². The third kappa shape index (κ3) is 3.58. The third-order valence-electron chi connectivity index (χ3n) is 5.60. The summed E-state index contributed by atoms with van der Waals surface area (Å²) < 4.78 is 31.2. The number of aromatic nitrogens is 6.